The Hall–Kier alpha value is -0.905. The summed E-state index contributed by atoms with van der Waals surface area (Å²) in [7, 11) is 1.24. The highest BCUT2D eigenvalue weighted by Gasteiger charge is 2.52. The van der Waals surface area contributed by atoms with Gasteiger partial charge in [0.05, 0.1) is 23.4 Å². The van der Waals surface area contributed by atoms with E-state index < -0.39 is 7.12 Å². The molecule has 0 aromatic carbocycles. The molecule has 18 heavy (non-hydrogen) atoms. The number of aromatic nitrogens is 1. The molecular weight excluding hydrogens is 229 g/mol. The predicted molar refractivity (Wildman–Crippen MR) is 70.7 cm³/mol. The molecule has 5 heteroatoms. The number of hydrogen-bond donors (Lipinski definition) is 0. The Morgan fingerprint density at radius 3 is 2.39 bits per heavy atom. The van der Waals surface area contributed by atoms with E-state index in [4.69, 9.17) is 14.0 Å². The summed E-state index contributed by atoms with van der Waals surface area (Å²) in [6.07, 6.45) is 1.75. The molecule has 0 amide bonds. The number of nitrogens with zero attached hydrogens (tertiary/aromatic N) is 1. The molecule has 0 aliphatic carbocycles. The van der Waals surface area contributed by atoms with Gasteiger partial charge >= 0.3 is 7.12 Å². The van der Waals surface area contributed by atoms with Crippen molar-refractivity contribution in [3.63, 3.8) is 0 Å². The molecule has 0 spiro atoms. The summed E-state index contributed by atoms with van der Waals surface area (Å²) in [6.45, 7) is 8.64. The molecule has 0 N–H and O–H groups in total. The molecule has 98 valence electrons. The van der Waals surface area contributed by atoms with E-state index in [1.807, 2.05) is 39.8 Å². The summed E-state index contributed by atoms with van der Waals surface area (Å²) in [5.74, 6) is 0. The van der Waals surface area contributed by atoms with E-state index in [9.17, 15) is 0 Å². The predicted octanol–water partition coefficient (Wildman–Crippen LogP) is 1.53. The van der Waals surface area contributed by atoms with Gasteiger partial charge in [0.2, 0.25) is 0 Å². The molecule has 1 saturated heterocycles. The van der Waals surface area contributed by atoms with Gasteiger partial charge in [-0.2, -0.15) is 0 Å². The van der Waals surface area contributed by atoms with Crippen LogP contribution in [0.25, 0.3) is 0 Å². The van der Waals surface area contributed by atoms with Gasteiger partial charge in [-0.05, 0) is 39.3 Å². The summed E-state index contributed by atoms with van der Waals surface area (Å²) in [6, 6.07) is 3.87. The second-order valence-electron chi connectivity index (χ2n) is 5.57. The van der Waals surface area contributed by atoms with Crippen LogP contribution in [-0.4, -0.2) is 30.4 Å². The zero-order chi connectivity index (χ0) is 13.4. The Bertz CT molecular complexity index is 418. The zero-order valence-electron chi connectivity index (χ0n) is 11.7. The van der Waals surface area contributed by atoms with Crippen LogP contribution in [0.5, 0.6) is 0 Å². The maximum absolute atomic E-state index is 6.00. The highest BCUT2D eigenvalue weighted by Crippen LogP contribution is 2.36. The normalized spacial score (nSPS) is 21.3. The smallest absolute Gasteiger partial charge is 0.398 e. The van der Waals surface area contributed by atoms with E-state index in [2.05, 4.69) is 4.98 Å². The van der Waals surface area contributed by atoms with Crippen molar-refractivity contribution in [3.8, 4) is 0 Å². The van der Waals surface area contributed by atoms with Crippen LogP contribution in [0.1, 0.15) is 33.3 Å². The number of pyridine rings is 1. The molecule has 4 nitrogen and oxygen atoms in total. The van der Waals surface area contributed by atoms with Gasteiger partial charge in [-0.15, -0.1) is 0 Å². The molecule has 1 fully saturated rings. The lowest BCUT2D eigenvalue weighted by Crippen LogP contribution is -2.41. The summed E-state index contributed by atoms with van der Waals surface area (Å²) < 4.78 is 17.2. The topological polar surface area (TPSA) is 40.6 Å². The molecule has 0 atom stereocenters. The quantitative estimate of drug-likeness (QED) is 0.761. The van der Waals surface area contributed by atoms with E-state index in [1.165, 1.54) is 0 Å². The number of hydrogen-bond acceptors (Lipinski definition) is 4. The van der Waals surface area contributed by atoms with E-state index in [1.54, 1.807) is 13.3 Å². The number of ether oxygens (including phenoxy) is 1. The summed E-state index contributed by atoms with van der Waals surface area (Å²) >= 11 is 0. The van der Waals surface area contributed by atoms with Crippen molar-refractivity contribution in [1.82, 2.24) is 4.98 Å². The van der Waals surface area contributed by atoms with E-state index in [0.717, 1.165) is 11.2 Å². The lowest BCUT2D eigenvalue weighted by Gasteiger charge is -2.32. The highest BCUT2D eigenvalue weighted by molar-refractivity contribution is 6.61. The van der Waals surface area contributed by atoms with Crippen molar-refractivity contribution < 1.29 is 14.0 Å². The minimum Gasteiger partial charge on any atom is -0.398 e. The van der Waals surface area contributed by atoms with Crippen LogP contribution in [0.4, 0.5) is 0 Å². The van der Waals surface area contributed by atoms with Crippen LogP contribution in [0, 0.1) is 0 Å². The molecule has 2 rings (SSSR count). The molecule has 1 aromatic heterocycles. The maximum Gasteiger partial charge on any atom is 0.514 e. The van der Waals surface area contributed by atoms with Crippen LogP contribution in [-0.2, 0) is 20.7 Å². The first kappa shape index (κ1) is 13.5. The molecule has 0 bridgehead atoms. The van der Waals surface area contributed by atoms with Crippen molar-refractivity contribution in [3.05, 3.63) is 23.9 Å². The monoisotopic (exact) mass is 249 g/mol. The van der Waals surface area contributed by atoms with Gasteiger partial charge in [0.1, 0.15) is 0 Å². The Morgan fingerprint density at radius 2 is 1.83 bits per heavy atom. The van der Waals surface area contributed by atoms with Crippen LogP contribution in [0.3, 0.4) is 0 Å². The van der Waals surface area contributed by atoms with E-state index in [0.29, 0.717) is 6.61 Å². The third-order valence-corrected chi connectivity index (χ3v) is 3.70. The SMILES string of the molecule is COCc1cccnc1B1OC(C)(C)C(C)(C)O1. The Kier molecular flexibility index (Phi) is 3.49. The minimum absolute atomic E-state index is 0.348. The first-order valence-corrected chi connectivity index (χ1v) is 6.16. The van der Waals surface area contributed by atoms with Crippen LogP contribution in [0.2, 0.25) is 0 Å². The van der Waals surface area contributed by atoms with E-state index in [-0.39, 0.29) is 11.2 Å². The van der Waals surface area contributed by atoms with Crippen molar-refractivity contribution in [1.29, 1.82) is 0 Å². The first-order valence-electron chi connectivity index (χ1n) is 6.16. The molecule has 0 unspecified atom stereocenters. The van der Waals surface area contributed by atoms with Crippen LogP contribution in [0.15, 0.2) is 18.3 Å². The number of methoxy groups -OCH3 is 1. The second kappa shape index (κ2) is 4.65. The Morgan fingerprint density at radius 1 is 1.22 bits per heavy atom. The van der Waals surface area contributed by atoms with Crippen molar-refractivity contribution in [2.45, 2.75) is 45.5 Å². The fourth-order valence-corrected chi connectivity index (χ4v) is 1.90. The molecule has 1 aromatic rings. The average Bonchev–Trinajstić information content (AvgIpc) is 2.49. The lowest BCUT2D eigenvalue weighted by molar-refractivity contribution is 0.00578. The van der Waals surface area contributed by atoms with Crippen LogP contribution < -0.4 is 5.59 Å². The van der Waals surface area contributed by atoms with Gasteiger partial charge in [0.15, 0.2) is 0 Å². The maximum atomic E-state index is 6.00. The van der Waals surface area contributed by atoms with Crippen molar-refractivity contribution >= 4 is 12.7 Å². The number of rotatable bonds is 3. The Balaban J connectivity index is 2.29. The summed E-state index contributed by atoms with van der Waals surface area (Å²) in [4.78, 5) is 4.38. The van der Waals surface area contributed by atoms with Crippen molar-refractivity contribution in [2.24, 2.45) is 0 Å². The highest BCUT2D eigenvalue weighted by atomic mass is 16.7. The molecule has 1 aliphatic heterocycles. The van der Waals surface area contributed by atoms with E-state index >= 15 is 0 Å². The fraction of sp³-hybridized carbons (Fsp3) is 0.615. The van der Waals surface area contributed by atoms with Crippen LogP contribution >= 0.6 is 0 Å². The molecule has 2 heterocycles. The van der Waals surface area contributed by atoms with Gasteiger partial charge in [0.25, 0.3) is 0 Å². The third-order valence-electron chi connectivity index (χ3n) is 3.70. The second-order valence-corrected chi connectivity index (χ2v) is 5.57. The summed E-state index contributed by atoms with van der Waals surface area (Å²) in [5.41, 5.74) is 1.11. The summed E-state index contributed by atoms with van der Waals surface area (Å²) in [5, 5.41) is 0. The fourth-order valence-electron chi connectivity index (χ4n) is 1.90. The standard InChI is InChI=1S/C13H20BNO3/c1-12(2)13(3,4)18-14(17-12)11-10(9-16-5)7-6-8-15-11/h6-8H,9H2,1-5H3. The lowest BCUT2D eigenvalue weighted by atomic mass is 9.81. The van der Waals surface area contributed by atoms with Gasteiger partial charge in [-0.3, -0.25) is 4.98 Å². The van der Waals surface area contributed by atoms with Gasteiger partial charge in [-0.25, -0.2) is 0 Å². The molecule has 1 aliphatic rings. The molecule has 0 radical (unpaired) electrons. The minimum atomic E-state index is -0.429. The van der Waals surface area contributed by atoms with Crippen molar-refractivity contribution in [2.75, 3.05) is 7.11 Å². The van der Waals surface area contributed by atoms with Gasteiger partial charge in [-0.1, -0.05) is 6.07 Å². The molecular formula is C13H20BNO3. The zero-order valence-corrected chi connectivity index (χ0v) is 11.7. The van der Waals surface area contributed by atoms with Gasteiger partial charge < -0.3 is 14.0 Å². The average molecular weight is 249 g/mol. The Labute approximate surface area is 109 Å². The third kappa shape index (κ3) is 2.30. The largest absolute Gasteiger partial charge is 0.514 e. The van der Waals surface area contributed by atoms with Gasteiger partial charge in [0, 0.05) is 13.3 Å². The molecule has 0 saturated carbocycles. The first-order chi connectivity index (χ1) is 8.37.